The molecule has 0 bridgehead atoms. The largest absolute Gasteiger partial charge is 0.463 e. The highest BCUT2D eigenvalue weighted by atomic mass is 16.5. The van der Waals surface area contributed by atoms with Gasteiger partial charge < -0.3 is 19.2 Å². The maximum atomic E-state index is 13.0. The summed E-state index contributed by atoms with van der Waals surface area (Å²) in [6.45, 7) is 2.02. The molecule has 32 heavy (non-hydrogen) atoms. The van der Waals surface area contributed by atoms with Crippen molar-refractivity contribution < 1.29 is 18.7 Å². The number of carbonyl (C=O) groups excluding carboxylic acids is 1. The zero-order chi connectivity index (χ0) is 22.2. The molecule has 9 nitrogen and oxygen atoms in total. The topological polar surface area (TPSA) is 104 Å². The maximum absolute atomic E-state index is 13.0. The summed E-state index contributed by atoms with van der Waals surface area (Å²) in [7, 11) is 1.63. The Morgan fingerprint density at radius 2 is 1.97 bits per heavy atom. The number of anilines is 1. The van der Waals surface area contributed by atoms with E-state index >= 15 is 0 Å². The first-order valence-corrected chi connectivity index (χ1v) is 10.1. The third kappa shape index (κ3) is 5.26. The number of furan rings is 1. The summed E-state index contributed by atoms with van der Waals surface area (Å²) in [6, 6.07) is 14.3. The summed E-state index contributed by atoms with van der Waals surface area (Å²) >= 11 is 0. The molecule has 0 fully saturated rings. The van der Waals surface area contributed by atoms with Gasteiger partial charge in [0.1, 0.15) is 17.1 Å². The Labute approximate surface area is 185 Å². The van der Waals surface area contributed by atoms with E-state index in [9.17, 15) is 4.79 Å². The SMILES string of the molecule is COCCOCCn1cc(NC(=O)c2cccc(-c3ccco3)n2)c(-c2ccccn2)n1. The third-order valence-electron chi connectivity index (χ3n) is 4.57. The fourth-order valence-corrected chi connectivity index (χ4v) is 3.03. The lowest BCUT2D eigenvalue weighted by Gasteiger charge is -2.05. The summed E-state index contributed by atoms with van der Waals surface area (Å²) in [4.78, 5) is 21.7. The van der Waals surface area contributed by atoms with Gasteiger partial charge in [0, 0.05) is 19.5 Å². The minimum Gasteiger partial charge on any atom is -0.463 e. The minimum absolute atomic E-state index is 0.265. The number of aromatic nitrogens is 4. The number of hydrogen-bond donors (Lipinski definition) is 1. The van der Waals surface area contributed by atoms with E-state index in [0.29, 0.717) is 54.9 Å². The van der Waals surface area contributed by atoms with Crippen molar-refractivity contribution in [3.63, 3.8) is 0 Å². The van der Waals surface area contributed by atoms with Crippen molar-refractivity contribution >= 4 is 11.6 Å². The lowest BCUT2D eigenvalue weighted by molar-refractivity contribution is 0.0654. The maximum Gasteiger partial charge on any atom is 0.274 e. The Bertz CT molecular complexity index is 1140. The van der Waals surface area contributed by atoms with E-state index in [0.717, 1.165) is 0 Å². The van der Waals surface area contributed by atoms with Gasteiger partial charge in [-0.3, -0.25) is 14.5 Å². The molecule has 4 heterocycles. The Hall–Kier alpha value is -3.82. The number of pyridine rings is 2. The van der Waals surface area contributed by atoms with Gasteiger partial charge in [-0.1, -0.05) is 12.1 Å². The third-order valence-corrected chi connectivity index (χ3v) is 4.57. The van der Waals surface area contributed by atoms with Crippen LogP contribution in [0.1, 0.15) is 10.5 Å². The van der Waals surface area contributed by atoms with E-state index in [1.807, 2.05) is 18.2 Å². The smallest absolute Gasteiger partial charge is 0.274 e. The van der Waals surface area contributed by atoms with Gasteiger partial charge in [0.25, 0.3) is 5.91 Å². The quantitative estimate of drug-likeness (QED) is 0.382. The second-order valence-electron chi connectivity index (χ2n) is 6.81. The summed E-state index contributed by atoms with van der Waals surface area (Å²) < 4.78 is 17.6. The van der Waals surface area contributed by atoms with Crippen LogP contribution in [-0.4, -0.2) is 52.6 Å². The fourth-order valence-electron chi connectivity index (χ4n) is 3.03. The first-order chi connectivity index (χ1) is 15.7. The van der Waals surface area contributed by atoms with Crippen molar-refractivity contribution in [2.24, 2.45) is 0 Å². The molecule has 1 N–H and O–H groups in total. The van der Waals surface area contributed by atoms with E-state index < -0.39 is 0 Å². The van der Waals surface area contributed by atoms with Crippen molar-refractivity contribution in [1.29, 1.82) is 0 Å². The number of amides is 1. The molecule has 4 rings (SSSR count). The van der Waals surface area contributed by atoms with Crippen LogP contribution in [0.15, 0.2) is 71.6 Å². The zero-order valence-corrected chi connectivity index (χ0v) is 17.6. The van der Waals surface area contributed by atoms with Gasteiger partial charge in [-0.2, -0.15) is 5.10 Å². The number of nitrogens with zero attached hydrogens (tertiary/aromatic N) is 4. The van der Waals surface area contributed by atoms with E-state index in [1.54, 1.807) is 60.8 Å². The zero-order valence-electron chi connectivity index (χ0n) is 17.6. The van der Waals surface area contributed by atoms with Gasteiger partial charge in [0.15, 0.2) is 5.76 Å². The number of nitrogens with one attached hydrogen (secondary N) is 1. The Morgan fingerprint density at radius 3 is 2.75 bits per heavy atom. The Balaban J connectivity index is 1.54. The molecule has 0 unspecified atom stereocenters. The Morgan fingerprint density at radius 1 is 1.06 bits per heavy atom. The molecule has 9 heteroatoms. The highest BCUT2D eigenvalue weighted by molar-refractivity contribution is 6.04. The number of ether oxygens (including phenoxy) is 2. The van der Waals surface area contributed by atoms with Crippen molar-refractivity contribution in [2.75, 3.05) is 32.2 Å². The molecule has 4 aromatic heterocycles. The number of hydrogen-bond acceptors (Lipinski definition) is 7. The molecule has 0 aliphatic rings. The lowest BCUT2D eigenvalue weighted by Crippen LogP contribution is -2.14. The second-order valence-corrected chi connectivity index (χ2v) is 6.81. The molecule has 0 spiro atoms. The average molecular weight is 433 g/mol. The van der Waals surface area contributed by atoms with Crippen LogP contribution in [0.4, 0.5) is 5.69 Å². The predicted octanol–water partition coefficient (Wildman–Crippen LogP) is 3.52. The average Bonchev–Trinajstić information content (AvgIpc) is 3.50. The van der Waals surface area contributed by atoms with Crippen LogP contribution in [0.25, 0.3) is 22.8 Å². The van der Waals surface area contributed by atoms with Crippen LogP contribution in [0.3, 0.4) is 0 Å². The molecule has 1 amide bonds. The number of methoxy groups -OCH3 is 1. The van der Waals surface area contributed by atoms with Gasteiger partial charge in [-0.25, -0.2) is 4.98 Å². The molecule has 0 aliphatic carbocycles. The lowest BCUT2D eigenvalue weighted by atomic mass is 10.2. The van der Waals surface area contributed by atoms with Crippen molar-refractivity contribution in [2.45, 2.75) is 6.54 Å². The Kier molecular flexibility index (Phi) is 7.01. The summed E-state index contributed by atoms with van der Waals surface area (Å²) in [5.41, 5.74) is 2.60. The predicted molar refractivity (Wildman–Crippen MR) is 118 cm³/mol. The normalized spacial score (nSPS) is 10.9. The van der Waals surface area contributed by atoms with Crippen LogP contribution >= 0.6 is 0 Å². The molecule has 0 saturated heterocycles. The van der Waals surface area contributed by atoms with E-state index in [2.05, 4.69) is 20.4 Å². The van der Waals surface area contributed by atoms with Gasteiger partial charge >= 0.3 is 0 Å². The van der Waals surface area contributed by atoms with E-state index in [4.69, 9.17) is 13.9 Å². The highest BCUT2D eigenvalue weighted by Gasteiger charge is 2.17. The number of carbonyl (C=O) groups is 1. The van der Waals surface area contributed by atoms with Gasteiger partial charge in [0.05, 0.1) is 44.0 Å². The van der Waals surface area contributed by atoms with E-state index in [-0.39, 0.29) is 11.6 Å². The van der Waals surface area contributed by atoms with Crippen molar-refractivity contribution in [3.05, 3.63) is 72.9 Å². The molecule has 4 aromatic rings. The second kappa shape index (κ2) is 10.5. The minimum atomic E-state index is -0.355. The van der Waals surface area contributed by atoms with E-state index in [1.165, 1.54) is 0 Å². The summed E-state index contributed by atoms with van der Waals surface area (Å²) in [5.74, 6) is 0.238. The van der Waals surface area contributed by atoms with Crippen LogP contribution in [0.2, 0.25) is 0 Å². The monoisotopic (exact) mass is 433 g/mol. The van der Waals surface area contributed by atoms with Gasteiger partial charge in [0.2, 0.25) is 0 Å². The molecule has 0 aromatic carbocycles. The number of rotatable bonds is 10. The first kappa shape index (κ1) is 21.4. The molecular formula is C23H23N5O4. The summed E-state index contributed by atoms with van der Waals surface area (Å²) in [6.07, 6.45) is 5.01. The molecular weight excluding hydrogens is 410 g/mol. The fraction of sp³-hybridized carbons (Fsp3) is 0.217. The molecule has 0 radical (unpaired) electrons. The van der Waals surface area contributed by atoms with Crippen molar-refractivity contribution in [3.8, 4) is 22.8 Å². The molecule has 0 saturated carbocycles. The van der Waals surface area contributed by atoms with Crippen LogP contribution < -0.4 is 5.32 Å². The molecule has 0 aliphatic heterocycles. The molecule has 0 atom stereocenters. The van der Waals surface area contributed by atoms with Crippen LogP contribution in [-0.2, 0) is 16.0 Å². The van der Waals surface area contributed by atoms with Crippen LogP contribution in [0, 0.1) is 0 Å². The summed E-state index contributed by atoms with van der Waals surface area (Å²) in [5, 5.41) is 7.51. The van der Waals surface area contributed by atoms with Gasteiger partial charge in [-0.15, -0.1) is 0 Å². The van der Waals surface area contributed by atoms with Crippen molar-refractivity contribution in [1.82, 2.24) is 19.7 Å². The first-order valence-electron chi connectivity index (χ1n) is 10.1. The highest BCUT2D eigenvalue weighted by Crippen LogP contribution is 2.25. The van der Waals surface area contributed by atoms with Crippen LogP contribution in [0.5, 0.6) is 0 Å². The van der Waals surface area contributed by atoms with Gasteiger partial charge in [-0.05, 0) is 36.4 Å². The molecule has 164 valence electrons. The standard InChI is InChI=1S/C23H23N5O4/c1-30-14-15-31-13-11-28-16-20(22(27-28)18-6-2-3-10-24-18)26-23(29)19-8-4-7-17(25-19)21-9-5-12-32-21/h2-10,12,16H,11,13-15H2,1H3,(H,26,29).